The smallest absolute Gasteiger partial charge is 0.292 e. The predicted molar refractivity (Wildman–Crippen MR) is 37.5 cm³/mol. The molecule has 7 heteroatoms. The van der Waals surface area contributed by atoms with Crippen molar-refractivity contribution < 1.29 is 19.0 Å². The maximum absolute atomic E-state index is 10.1. The molecular formula is C6H6F3N2O2-3. The third-order valence-electron chi connectivity index (χ3n) is 1.13. The minimum absolute atomic E-state index is 0. The second-order valence-electron chi connectivity index (χ2n) is 1.82. The van der Waals surface area contributed by atoms with Gasteiger partial charge in [-0.3, -0.25) is 10.1 Å². The second kappa shape index (κ2) is 6.89. The highest BCUT2D eigenvalue weighted by Crippen LogP contribution is 2.18. The Hall–Kier alpha value is -1.79. The lowest BCUT2D eigenvalue weighted by Gasteiger charge is -1.92. The molecule has 13 heavy (non-hydrogen) atoms. The summed E-state index contributed by atoms with van der Waals surface area (Å²) in [6.45, 7) is 0. The molecule has 0 saturated carbocycles. The van der Waals surface area contributed by atoms with Crippen LogP contribution in [0.3, 0.4) is 0 Å². The molecule has 1 rings (SSSR count). The van der Waals surface area contributed by atoms with Gasteiger partial charge in [-0.05, 0) is 6.07 Å². The van der Waals surface area contributed by atoms with Crippen molar-refractivity contribution in [3.63, 3.8) is 0 Å². The van der Waals surface area contributed by atoms with Gasteiger partial charge in [0, 0.05) is 6.07 Å². The summed E-state index contributed by atoms with van der Waals surface area (Å²) >= 11 is 0. The van der Waals surface area contributed by atoms with Gasteiger partial charge in [0.05, 0.1) is 4.92 Å². The summed E-state index contributed by atoms with van der Waals surface area (Å²) in [5, 5.41) is 10.1. The highest BCUT2D eigenvalue weighted by molar-refractivity contribution is 5.57. The lowest BCUT2D eigenvalue weighted by Crippen LogP contribution is -3.00. The molecule has 0 heterocycles. The molecule has 0 atom stereocenters. The van der Waals surface area contributed by atoms with E-state index >= 15 is 0 Å². The fourth-order valence-electron chi connectivity index (χ4n) is 0.654. The van der Waals surface area contributed by atoms with E-state index < -0.39 is 4.92 Å². The summed E-state index contributed by atoms with van der Waals surface area (Å²) in [4.78, 5) is 9.64. The van der Waals surface area contributed by atoms with Crippen molar-refractivity contribution in [3.05, 3.63) is 34.4 Å². The molecule has 0 spiro atoms. The first-order valence-corrected chi connectivity index (χ1v) is 2.70. The van der Waals surface area contributed by atoms with Gasteiger partial charge in [-0.1, -0.05) is 12.1 Å². The lowest BCUT2D eigenvalue weighted by molar-refractivity contribution is -0.383. The number of nitrogens with zero attached hydrogens (tertiary/aromatic N) is 1. The number of nitro benzene ring substituents is 1. The molecule has 0 saturated heterocycles. The molecule has 1 aromatic rings. The molecule has 0 aliphatic carbocycles. The van der Waals surface area contributed by atoms with E-state index in [0.717, 1.165) is 0 Å². The zero-order valence-corrected chi connectivity index (χ0v) is 6.28. The number of hydrogen-bond donors (Lipinski definition) is 1. The number of para-hydroxylation sites is 2. The monoisotopic (exact) mass is 195 g/mol. The molecule has 76 valence electrons. The Balaban J connectivity index is -0.000000333. The molecule has 0 unspecified atom stereocenters. The first-order valence-electron chi connectivity index (χ1n) is 2.70. The zero-order chi connectivity index (χ0) is 7.56. The van der Waals surface area contributed by atoms with Crippen LogP contribution in [0.5, 0.6) is 0 Å². The Kier molecular flexibility index (Phi) is 9.19. The van der Waals surface area contributed by atoms with Gasteiger partial charge in [-0.15, -0.1) is 0 Å². The number of halogens is 3. The van der Waals surface area contributed by atoms with Crippen LogP contribution in [0.4, 0.5) is 11.4 Å². The summed E-state index contributed by atoms with van der Waals surface area (Å²) in [6.07, 6.45) is 0. The van der Waals surface area contributed by atoms with Gasteiger partial charge in [-0.2, -0.15) is 0 Å². The third kappa shape index (κ3) is 3.94. The Morgan fingerprint density at radius 1 is 1.15 bits per heavy atom. The highest BCUT2D eigenvalue weighted by Gasteiger charge is 2.07. The van der Waals surface area contributed by atoms with E-state index in [-0.39, 0.29) is 25.5 Å². The normalized spacial score (nSPS) is 7.08. The zero-order valence-electron chi connectivity index (χ0n) is 6.28. The molecule has 0 radical (unpaired) electrons. The van der Waals surface area contributed by atoms with Gasteiger partial charge in [0.25, 0.3) is 5.69 Å². The Bertz CT molecular complexity index is 270. The summed E-state index contributed by atoms with van der Waals surface area (Å²) in [5.74, 6) is 0. The minimum Gasteiger partial charge on any atom is -1.00 e. The highest BCUT2D eigenvalue weighted by atomic mass is 19.0. The largest absolute Gasteiger partial charge is 1.00 e. The number of anilines is 1. The van der Waals surface area contributed by atoms with Crippen molar-refractivity contribution in [2.45, 2.75) is 0 Å². The Morgan fingerprint density at radius 3 is 1.92 bits per heavy atom. The van der Waals surface area contributed by atoms with Gasteiger partial charge in [0.1, 0.15) is 5.69 Å². The van der Waals surface area contributed by atoms with Gasteiger partial charge in [0.2, 0.25) is 0 Å². The van der Waals surface area contributed by atoms with Crippen molar-refractivity contribution in [1.29, 1.82) is 0 Å². The predicted octanol–water partition coefficient (Wildman–Crippen LogP) is -7.81. The molecule has 1 aromatic carbocycles. The minimum atomic E-state index is -0.505. The van der Waals surface area contributed by atoms with E-state index in [2.05, 4.69) is 0 Å². The number of rotatable bonds is 1. The number of nitro groups is 1. The van der Waals surface area contributed by atoms with Crippen molar-refractivity contribution in [2.75, 3.05) is 5.73 Å². The fraction of sp³-hybridized carbons (Fsp3) is 0. The SMILES string of the molecule is Nc1ccccc1[N+](=O)[O-].[F-].[F-].[F-]. The van der Waals surface area contributed by atoms with E-state index in [0.29, 0.717) is 0 Å². The van der Waals surface area contributed by atoms with Crippen molar-refractivity contribution >= 4 is 11.4 Å². The second-order valence-corrected chi connectivity index (χ2v) is 1.82. The first kappa shape index (κ1) is 17.3. The van der Waals surface area contributed by atoms with E-state index in [1.165, 1.54) is 12.1 Å². The molecule has 0 aliphatic rings. The molecule has 0 amide bonds. The van der Waals surface area contributed by atoms with Crippen LogP contribution in [0.25, 0.3) is 0 Å². The molecule has 0 aliphatic heterocycles. The van der Waals surface area contributed by atoms with E-state index in [9.17, 15) is 10.1 Å². The Morgan fingerprint density at radius 2 is 1.62 bits per heavy atom. The number of benzene rings is 1. The maximum atomic E-state index is 10.1. The van der Waals surface area contributed by atoms with E-state index in [1.54, 1.807) is 12.1 Å². The van der Waals surface area contributed by atoms with Gasteiger partial charge in [0.15, 0.2) is 0 Å². The van der Waals surface area contributed by atoms with Crippen LogP contribution in [0.15, 0.2) is 24.3 Å². The van der Waals surface area contributed by atoms with E-state index in [1.807, 2.05) is 0 Å². The number of hydrogen-bond acceptors (Lipinski definition) is 3. The summed E-state index contributed by atoms with van der Waals surface area (Å²) in [7, 11) is 0. The van der Waals surface area contributed by atoms with E-state index in [4.69, 9.17) is 5.73 Å². The van der Waals surface area contributed by atoms with Gasteiger partial charge in [-0.25, -0.2) is 0 Å². The molecule has 0 bridgehead atoms. The van der Waals surface area contributed by atoms with Crippen LogP contribution in [-0.4, -0.2) is 4.92 Å². The summed E-state index contributed by atoms with van der Waals surface area (Å²) in [5.41, 5.74) is 5.44. The van der Waals surface area contributed by atoms with Crippen LogP contribution < -0.4 is 19.8 Å². The summed E-state index contributed by atoms with van der Waals surface area (Å²) < 4.78 is 0. The van der Waals surface area contributed by atoms with Crippen molar-refractivity contribution in [1.82, 2.24) is 0 Å². The average molecular weight is 195 g/mol. The fourth-order valence-corrected chi connectivity index (χ4v) is 0.654. The molecule has 4 nitrogen and oxygen atoms in total. The third-order valence-corrected chi connectivity index (χ3v) is 1.13. The van der Waals surface area contributed by atoms with Gasteiger partial charge >= 0.3 is 0 Å². The van der Waals surface area contributed by atoms with Crippen LogP contribution in [0.2, 0.25) is 0 Å². The van der Waals surface area contributed by atoms with Crippen LogP contribution in [0, 0.1) is 10.1 Å². The number of nitrogen functional groups attached to an aromatic ring is 1. The molecule has 0 aromatic heterocycles. The quantitative estimate of drug-likeness (QED) is 0.275. The van der Waals surface area contributed by atoms with Gasteiger partial charge < -0.3 is 19.8 Å². The maximum Gasteiger partial charge on any atom is 0.292 e. The number of nitrogens with two attached hydrogens (primary N) is 1. The van der Waals surface area contributed by atoms with Crippen LogP contribution in [0.1, 0.15) is 0 Å². The Labute approximate surface area is 71.6 Å². The van der Waals surface area contributed by atoms with Crippen molar-refractivity contribution in [3.8, 4) is 0 Å². The summed E-state index contributed by atoms with van der Waals surface area (Å²) in [6, 6.07) is 6.10. The molecule has 2 N–H and O–H groups in total. The first-order chi connectivity index (χ1) is 4.72. The van der Waals surface area contributed by atoms with Crippen molar-refractivity contribution in [2.24, 2.45) is 0 Å². The topological polar surface area (TPSA) is 69.2 Å². The standard InChI is InChI=1S/C6H6N2O2.3FH/c7-5-3-1-2-4-6(5)8(9)10;;;/h1-4H,7H2;3*1H/p-3. The average Bonchev–Trinajstić information content (AvgIpc) is 1.88. The van der Waals surface area contributed by atoms with Crippen LogP contribution in [-0.2, 0) is 0 Å². The lowest BCUT2D eigenvalue weighted by atomic mass is 10.3. The molecule has 0 fully saturated rings. The van der Waals surface area contributed by atoms with Crippen LogP contribution >= 0.6 is 0 Å². The molecular weight excluding hydrogens is 189 g/mol.